The third kappa shape index (κ3) is 4.80. The van der Waals surface area contributed by atoms with Crippen molar-refractivity contribution in [1.82, 2.24) is 0 Å². The molecule has 0 bridgehead atoms. The molecule has 0 N–H and O–H groups in total. The van der Waals surface area contributed by atoms with Crippen LogP contribution in [0.3, 0.4) is 0 Å². The first-order valence-corrected chi connectivity index (χ1v) is 6.57. The summed E-state index contributed by atoms with van der Waals surface area (Å²) in [6.45, 7) is 14.8. The Hall–Kier alpha value is -0.850. The van der Waals surface area contributed by atoms with E-state index in [0.29, 0.717) is 6.42 Å². The Labute approximate surface area is 113 Å². The summed E-state index contributed by atoms with van der Waals surface area (Å²) in [6.07, 6.45) is 0.505. The standard InChI is InChI=1S/C15H23B2O/c1-14(2,3)12-10-16-8-7-11(12)9-13(18)17-15(4,5)6/h7-8,10H,9H2,1-6H3. The zero-order valence-corrected chi connectivity index (χ0v) is 12.5. The maximum atomic E-state index is 12.1. The Morgan fingerprint density at radius 1 is 1.22 bits per heavy atom. The molecule has 1 nitrogen and oxygen atoms in total. The van der Waals surface area contributed by atoms with Crippen LogP contribution in [-0.4, -0.2) is 19.9 Å². The monoisotopic (exact) mass is 241 g/mol. The molecule has 1 radical (unpaired) electrons. The van der Waals surface area contributed by atoms with Crippen molar-refractivity contribution in [2.75, 3.05) is 0 Å². The Kier molecular flexibility index (Phi) is 4.58. The van der Waals surface area contributed by atoms with Gasteiger partial charge in [0.15, 0.2) is 0 Å². The number of rotatable bonds is 3. The van der Waals surface area contributed by atoms with Gasteiger partial charge in [-0.05, 0) is 0 Å². The maximum absolute atomic E-state index is 12.1. The van der Waals surface area contributed by atoms with Crippen LogP contribution in [0.15, 0.2) is 18.0 Å². The molecule has 0 saturated carbocycles. The first kappa shape index (κ1) is 15.2. The number of hydrogen-bond acceptors (Lipinski definition) is 1. The molecule has 0 amide bonds. The molecule has 0 aromatic carbocycles. The summed E-state index contributed by atoms with van der Waals surface area (Å²) in [6, 6.07) is 2.06. The third-order valence-corrected chi connectivity index (χ3v) is 2.78. The molecule has 0 spiro atoms. The van der Waals surface area contributed by atoms with Crippen LogP contribution in [0.5, 0.6) is 0 Å². The van der Waals surface area contributed by atoms with Crippen molar-refractivity contribution in [3.8, 4) is 0 Å². The molecule has 0 aliphatic carbocycles. The first-order chi connectivity index (χ1) is 8.09. The Morgan fingerprint density at radius 3 is 2.33 bits per heavy atom. The van der Waals surface area contributed by atoms with Gasteiger partial charge in [0, 0.05) is 0 Å². The van der Waals surface area contributed by atoms with E-state index < -0.39 is 0 Å². The molecule has 0 fully saturated rings. The molecule has 0 unspecified atom stereocenters. The van der Waals surface area contributed by atoms with Crippen molar-refractivity contribution in [3.05, 3.63) is 29.1 Å². The van der Waals surface area contributed by atoms with E-state index in [-0.39, 0.29) is 16.4 Å². The van der Waals surface area contributed by atoms with Gasteiger partial charge >= 0.3 is 112 Å². The minimum atomic E-state index is -0.0479. The van der Waals surface area contributed by atoms with Crippen molar-refractivity contribution < 1.29 is 4.79 Å². The summed E-state index contributed by atoms with van der Waals surface area (Å²) in [4.78, 5) is 12.1. The predicted octanol–water partition coefficient (Wildman–Crippen LogP) is 3.31. The van der Waals surface area contributed by atoms with Crippen molar-refractivity contribution in [3.63, 3.8) is 0 Å². The molecule has 1 heterocycles. The zero-order chi connectivity index (χ0) is 14.0. The molecule has 1 aromatic rings. The molecule has 0 saturated heterocycles. The quantitative estimate of drug-likeness (QED) is 0.742. The van der Waals surface area contributed by atoms with E-state index in [2.05, 4.69) is 53.6 Å². The summed E-state index contributed by atoms with van der Waals surface area (Å²) < 4.78 is 0. The summed E-state index contributed by atoms with van der Waals surface area (Å²) in [5.41, 5.74) is 2.70. The van der Waals surface area contributed by atoms with Crippen LogP contribution in [0, 0.1) is 0 Å². The summed E-state index contributed by atoms with van der Waals surface area (Å²) >= 11 is 0. The zero-order valence-electron chi connectivity index (χ0n) is 12.5. The Bertz CT molecular complexity index is 425. The van der Waals surface area contributed by atoms with Gasteiger partial charge in [0.25, 0.3) is 0 Å². The third-order valence-electron chi connectivity index (χ3n) is 2.78. The SMILES string of the molecule is CC(C)(C)[B]C(=O)Cc1ccbcc1C(C)(C)C. The predicted molar refractivity (Wildman–Crippen MR) is 80.7 cm³/mol. The molecular weight excluding hydrogens is 218 g/mol. The fourth-order valence-electron chi connectivity index (χ4n) is 2.13. The van der Waals surface area contributed by atoms with Crippen LogP contribution in [0.4, 0.5) is 0 Å². The van der Waals surface area contributed by atoms with Crippen LogP contribution in [0.25, 0.3) is 0 Å². The van der Waals surface area contributed by atoms with E-state index in [1.165, 1.54) is 5.56 Å². The van der Waals surface area contributed by atoms with E-state index in [4.69, 9.17) is 0 Å². The van der Waals surface area contributed by atoms with Gasteiger partial charge in [-0.15, -0.1) is 0 Å². The second-order valence-corrected chi connectivity index (χ2v) is 7.06. The van der Waals surface area contributed by atoms with Gasteiger partial charge in [0.2, 0.25) is 0 Å². The molecule has 18 heavy (non-hydrogen) atoms. The van der Waals surface area contributed by atoms with Gasteiger partial charge in [-0.2, -0.15) is 0 Å². The van der Waals surface area contributed by atoms with E-state index >= 15 is 0 Å². The van der Waals surface area contributed by atoms with Crippen LogP contribution < -0.4 is 0 Å². The minimum absolute atomic E-state index is 0.0479. The molecule has 95 valence electrons. The summed E-state index contributed by atoms with van der Waals surface area (Å²) in [7, 11) is 1.83. The number of carbonyl (C=O) groups is 1. The van der Waals surface area contributed by atoms with Gasteiger partial charge in [-0.1, -0.05) is 0 Å². The second kappa shape index (κ2) is 5.42. The van der Waals surface area contributed by atoms with Gasteiger partial charge in [-0.25, -0.2) is 0 Å². The van der Waals surface area contributed by atoms with Crippen molar-refractivity contribution >= 4 is 19.9 Å². The average molecular weight is 241 g/mol. The first-order valence-electron chi connectivity index (χ1n) is 6.57. The molecular formula is C15H23B2O. The van der Waals surface area contributed by atoms with Crippen molar-refractivity contribution in [1.29, 1.82) is 0 Å². The molecule has 0 aliphatic rings. The van der Waals surface area contributed by atoms with E-state index in [1.807, 2.05) is 20.2 Å². The molecule has 0 aliphatic heterocycles. The number of carbonyl (C=O) groups excluding carboxylic acids is 1. The summed E-state index contributed by atoms with van der Waals surface area (Å²) in [5.74, 6) is 4.13. The van der Waals surface area contributed by atoms with Crippen molar-refractivity contribution in [2.45, 2.75) is 58.7 Å². The van der Waals surface area contributed by atoms with Crippen LogP contribution in [0.2, 0.25) is 5.31 Å². The topological polar surface area (TPSA) is 17.1 Å². The van der Waals surface area contributed by atoms with Crippen LogP contribution >= 0.6 is 0 Å². The molecule has 1 aromatic heterocycles. The van der Waals surface area contributed by atoms with Gasteiger partial charge in [-0.3, -0.25) is 0 Å². The second-order valence-electron chi connectivity index (χ2n) is 7.06. The van der Waals surface area contributed by atoms with Gasteiger partial charge in [0.1, 0.15) is 0 Å². The van der Waals surface area contributed by atoms with Crippen LogP contribution in [0.1, 0.15) is 52.7 Å². The fraction of sp³-hybridized carbons (Fsp3) is 0.600. The van der Waals surface area contributed by atoms with E-state index in [9.17, 15) is 4.79 Å². The summed E-state index contributed by atoms with van der Waals surface area (Å²) in [5, 5.41) is -0.0479. The van der Waals surface area contributed by atoms with E-state index in [1.54, 1.807) is 0 Å². The van der Waals surface area contributed by atoms with Gasteiger partial charge in [0.05, 0.1) is 0 Å². The normalized spacial score (nSPS) is 12.1. The van der Waals surface area contributed by atoms with Gasteiger partial charge < -0.3 is 0 Å². The van der Waals surface area contributed by atoms with Crippen LogP contribution in [-0.2, 0) is 16.6 Å². The Balaban J connectivity index is 2.89. The van der Waals surface area contributed by atoms with E-state index in [0.717, 1.165) is 5.56 Å². The molecule has 3 heteroatoms. The van der Waals surface area contributed by atoms with Crippen molar-refractivity contribution in [2.24, 2.45) is 0 Å². The average Bonchev–Trinajstić information content (AvgIpc) is 2.13. The Morgan fingerprint density at radius 2 is 1.83 bits per heavy atom. The molecule has 0 atom stereocenters. The number of hydrogen-bond donors (Lipinski definition) is 0. The molecule has 1 rings (SSSR count). The fourth-order valence-corrected chi connectivity index (χ4v) is 2.13.